The molecule has 1 saturated heterocycles. The Morgan fingerprint density at radius 3 is 2.52 bits per heavy atom. The fourth-order valence-corrected chi connectivity index (χ4v) is 3.94. The van der Waals surface area contributed by atoms with E-state index in [0.29, 0.717) is 50.9 Å². The Kier molecular flexibility index (Phi) is 7.34. The minimum absolute atomic E-state index is 0.0384. The number of aromatic amines is 1. The number of aryl methyl sites for hydroxylation is 1. The van der Waals surface area contributed by atoms with Crippen molar-refractivity contribution in [3.63, 3.8) is 0 Å². The zero-order chi connectivity index (χ0) is 20.6. The van der Waals surface area contributed by atoms with Crippen molar-refractivity contribution < 1.29 is 14.3 Å². The second kappa shape index (κ2) is 10.1. The number of ether oxygens (including phenoxy) is 1. The molecule has 2 amide bonds. The molecule has 10 heteroatoms. The summed E-state index contributed by atoms with van der Waals surface area (Å²) < 4.78 is 6.55. The Morgan fingerprint density at radius 2 is 1.83 bits per heavy atom. The van der Waals surface area contributed by atoms with Crippen molar-refractivity contribution in [3.8, 4) is 0 Å². The SMILES string of the molecule is CCOC(=O)N1CCN(C(=O)CSc2n[nH]c(=O)n2CCc2ccccc2)CC1. The van der Waals surface area contributed by atoms with Gasteiger partial charge in [0.05, 0.1) is 12.4 Å². The molecule has 0 atom stereocenters. The number of aromatic nitrogens is 3. The van der Waals surface area contributed by atoms with Crippen LogP contribution in [-0.2, 0) is 22.5 Å². The van der Waals surface area contributed by atoms with Gasteiger partial charge in [0.25, 0.3) is 0 Å². The van der Waals surface area contributed by atoms with E-state index in [0.717, 1.165) is 5.56 Å². The molecule has 0 radical (unpaired) electrons. The Labute approximate surface area is 173 Å². The number of hydrogen-bond acceptors (Lipinski definition) is 6. The monoisotopic (exact) mass is 419 g/mol. The summed E-state index contributed by atoms with van der Waals surface area (Å²) >= 11 is 1.24. The van der Waals surface area contributed by atoms with Crippen molar-refractivity contribution in [3.05, 3.63) is 46.4 Å². The summed E-state index contributed by atoms with van der Waals surface area (Å²) in [5, 5.41) is 7.01. The number of piperazine rings is 1. The van der Waals surface area contributed by atoms with Gasteiger partial charge in [-0.1, -0.05) is 42.1 Å². The zero-order valence-corrected chi connectivity index (χ0v) is 17.2. The van der Waals surface area contributed by atoms with Gasteiger partial charge >= 0.3 is 11.8 Å². The summed E-state index contributed by atoms with van der Waals surface area (Å²) in [4.78, 5) is 39.6. The van der Waals surface area contributed by atoms with Gasteiger partial charge in [-0.2, -0.15) is 0 Å². The number of carbonyl (C=O) groups is 2. The van der Waals surface area contributed by atoms with E-state index >= 15 is 0 Å². The van der Waals surface area contributed by atoms with Crippen LogP contribution in [0, 0.1) is 0 Å². The van der Waals surface area contributed by atoms with Crippen LogP contribution < -0.4 is 5.69 Å². The molecule has 1 N–H and O–H groups in total. The van der Waals surface area contributed by atoms with Crippen LogP contribution in [0.1, 0.15) is 12.5 Å². The Bertz CT molecular complexity index is 874. The number of benzene rings is 1. The summed E-state index contributed by atoms with van der Waals surface area (Å²) in [6, 6.07) is 9.90. The lowest BCUT2D eigenvalue weighted by Crippen LogP contribution is -2.51. The molecule has 1 fully saturated rings. The van der Waals surface area contributed by atoms with Crippen molar-refractivity contribution in [1.82, 2.24) is 24.6 Å². The Morgan fingerprint density at radius 1 is 1.14 bits per heavy atom. The van der Waals surface area contributed by atoms with Crippen LogP contribution in [0.2, 0.25) is 0 Å². The second-order valence-corrected chi connectivity index (χ2v) is 7.50. The van der Waals surface area contributed by atoms with Gasteiger partial charge in [0.2, 0.25) is 5.91 Å². The lowest BCUT2D eigenvalue weighted by atomic mass is 10.1. The molecule has 0 saturated carbocycles. The van der Waals surface area contributed by atoms with Crippen LogP contribution in [0.4, 0.5) is 4.79 Å². The quantitative estimate of drug-likeness (QED) is 0.677. The lowest BCUT2D eigenvalue weighted by molar-refractivity contribution is -0.129. The highest BCUT2D eigenvalue weighted by Gasteiger charge is 2.25. The van der Waals surface area contributed by atoms with Crippen molar-refractivity contribution in [2.75, 3.05) is 38.5 Å². The van der Waals surface area contributed by atoms with Crippen molar-refractivity contribution in [2.24, 2.45) is 0 Å². The predicted octanol–water partition coefficient (Wildman–Crippen LogP) is 1.21. The van der Waals surface area contributed by atoms with Crippen LogP contribution in [0.15, 0.2) is 40.3 Å². The van der Waals surface area contributed by atoms with E-state index in [1.807, 2.05) is 30.3 Å². The van der Waals surface area contributed by atoms with Gasteiger partial charge in [-0.15, -0.1) is 5.10 Å². The summed E-state index contributed by atoms with van der Waals surface area (Å²) in [5.74, 6) is 0.151. The number of thioether (sulfide) groups is 1. The summed E-state index contributed by atoms with van der Waals surface area (Å²) in [5.41, 5.74) is 0.853. The first-order chi connectivity index (χ1) is 14.1. The molecule has 1 aromatic heterocycles. The van der Waals surface area contributed by atoms with Crippen LogP contribution >= 0.6 is 11.8 Å². The van der Waals surface area contributed by atoms with Gasteiger partial charge in [0.15, 0.2) is 5.16 Å². The molecule has 1 aliphatic heterocycles. The number of nitrogens with zero attached hydrogens (tertiary/aromatic N) is 4. The maximum Gasteiger partial charge on any atom is 0.409 e. The molecule has 2 aromatic rings. The predicted molar refractivity (Wildman–Crippen MR) is 109 cm³/mol. The molecule has 0 unspecified atom stereocenters. The fourth-order valence-electron chi connectivity index (χ4n) is 3.07. The highest BCUT2D eigenvalue weighted by molar-refractivity contribution is 7.99. The molecule has 0 spiro atoms. The lowest BCUT2D eigenvalue weighted by Gasteiger charge is -2.34. The van der Waals surface area contributed by atoms with Gasteiger partial charge in [0, 0.05) is 32.7 Å². The van der Waals surface area contributed by atoms with Crippen LogP contribution in [0.5, 0.6) is 0 Å². The van der Waals surface area contributed by atoms with Gasteiger partial charge in [-0.25, -0.2) is 14.7 Å². The largest absolute Gasteiger partial charge is 0.450 e. The molecule has 29 heavy (non-hydrogen) atoms. The Hall–Kier alpha value is -2.75. The zero-order valence-electron chi connectivity index (χ0n) is 16.4. The molecule has 3 rings (SSSR count). The molecular formula is C19H25N5O4S. The second-order valence-electron chi connectivity index (χ2n) is 6.55. The first-order valence-electron chi connectivity index (χ1n) is 9.60. The van der Waals surface area contributed by atoms with Gasteiger partial charge < -0.3 is 14.5 Å². The molecular weight excluding hydrogens is 394 g/mol. The molecule has 1 aromatic carbocycles. The molecule has 156 valence electrons. The third-order valence-corrected chi connectivity index (χ3v) is 5.63. The average molecular weight is 420 g/mol. The van der Waals surface area contributed by atoms with E-state index in [-0.39, 0.29) is 23.4 Å². The maximum atomic E-state index is 12.5. The Balaban J connectivity index is 1.49. The van der Waals surface area contributed by atoms with E-state index in [1.54, 1.807) is 21.3 Å². The van der Waals surface area contributed by atoms with Gasteiger partial charge in [-0.3, -0.25) is 9.36 Å². The summed E-state index contributed by atoms with van der Waals surface area (Å²) in [6.07, 6.45) is 0.366. The first kappa shape index (κ1) is 21.0. The first-order valence-corrected chi connectivity index (χ1v) is 10.6. The maximum absolute atomic E-state index is 12.5. The fraction of sp³-hybridized carbons (Fsp3) is 0.474. The number of carbonyl (C=O) groups excluding carboxylic acids is 2. The normalized spacial score (nSPS) is 14.1. The third kappa shape index (κ3) is 5.63. The number of amides is 2. The van der Waals surface area contributed by atoms with E-state index in [4.69, 9.17) is 4.74 Å². The number of rotatable bonds is 7. The summed E-state index contributed by atoms with van der Waals surface area (Å²) in [7, 11) is 0. The van der Waals surface area contributed by atoms with E-state index in [1.165, 1.54) is 11.8 Å². The minimum Gasteiger partial charge on any atom is -0.450 e. The molecule has 1 aliphatic rings. The number of H-pyrrole nitrogens is 1. The van der Waals surface area contributed by atoms with Crippen molar-refractivity contribution >= 4 is 23.8 Å². The van der Waals surface area contributed by atoms with E-state index in [9.17, 15) is 14.4 Å². The number of hydrogen-bond donors (Lipinski definition) is 1. The van der Waals surface area contributed by atoms with Crippen molar-refractivity contribution in [2.45, 2.75) is 25.0 Å². The molecule has 0 bridgehead atoms. The van der Waals surface area contributed by atoms with Crippen molar-refractivity contribution in [1.29, 1.82) is 0 Å². The van der Waals surface area contributed by atoms with E-state index < -0.39 is 0 Å². The van der Waals surface area contributed by atoms with Crippen LogP contribution in [-0.4, -0.2) is 75.1 Å². The number of nitrogens with one attached hydrogen (secondary N) is 1. The molecule has 2 heterocycles. The van der Waals surface area contributed by atoms with Gasteiger partial charge in [-0.05, 0) is 18.9 Å². The van der Waals surface area contributed by atoms with Gasteiger partial charge in [0.1, 0.15) is 0 Å². The summed E-state index contributed by atoms with van der Waals surface area (Å²) in [6.45, 7) is 4.46. The molecule has 0 aliphatic carbocycles. The average Bonchev–Trinajstić information content (AvgIpc) is 3.11. The highest BCUT2D eigenvalue weighted by Crippen LogP contribution is 2.16. The van der Waals surface area contributed by atoms with Crippen LogP contribution in [0.25, 0.3) is 0 Å². The smallest absolute Gasteiger partial charge is 0.409 e. The topological polar surface area (TPSA) is 101 Å². The van der Waals surface area contributed by atoms with Crippen LogP contribution in [0.3, 0.4) is 0 Å². The highest BCUT2D eigenvalue weighted by atomic mass is 32.2. The van der Waals surface area contributed by atoms with E-state index in [2.05, 4.69) is 10.2 Å². The minimum atomic E-state index is -0.340. The standard InChI is InChI=1S/C19H25N5O4S/c1-2-28-19(27)23-12-10-22(11-13-23)16(25)14-29-18-21-20-17(26)24(18)9-8-15-6-4-3-5-7-15/h3-7H,2,8-14H2,1H3,(H,20,26). The third-order valence-electron chi connectivity index (χ3n) is 4.67. The molecule has 9 nitrogen and oxygen atoms in total.